The maximum absolute atomic E-state index is 4.91. The van der Waals surface area contributed by atoms with Crippen molar-refractivity contribution in [2.24, 2.45) is 10.9 Å². The van der Waals surface area contributed by atoms with Crippen LogP contribution in [-0.2, 0) is 5.41 Å². The predicted octanol–water partition coefficient (Wildman–Crippen LogP) is 3.23. The molecule has 0 spiro atoms. The Hall–Kier alpha value is -0.820. The Morgan fingerprint density at radius 3 is 2.40 bits per heavy atom. The first-order chi connectivity index (χ1) is 11.6. The smallest absolute Gasteiger partial charge is 0.191 e. The van der Waals surface area contributed by atoms with Crippen molar-refractivity contribution in [2.45, 2.75) is 44.1 Å². The van der Waals surface area contributed by atoms with E-state index in [0.717, 1.165) is 31.5 Å². The van der Waals surface area contributed by atoms with Crippen LogP contribution in [0.4, 0.5) is 0 Å². The van der Waals surface area contributed by atoms with E-state index in [2.05, 4.69) is 66.9 Å². The summed E-state index contributed by atoms with van der Waals surface area (Å²) in [5, 5.41) is 6.98. The van der Waals surface area contributed by atoms with E-state index >= 15 is 0 Å². The van der Waals surface area contributed by atoms with Gasteiger partial charge < -0.3 is 15.5 Å². The summed E-state index contributed by atoms with van der Waals surface area (Å²) in [6, 6.07) is 11.5. The molecule has 1 aromatic carbocycles. The van der Waals surface area contributed by atoms with Gasteiger partial charge in [0.25, 0.3) is 0 Å². The molecule has 5 heteroatoms. The van der Waals surface area contributed by atoms with Crippen molar-refractivity contribution in [3.05, 3.63) is 35.9 Å². The monoisotopic (exact) mass is 456 g/mol. The van der Waals surface area contributed by atoms with Crippen LogP contribution in [0.3, 0.4) is 0 Å². The molecule has 1 atom stereocenters. The molecule has 25 heavy (non-hydrogen) atoms. The standard InChI is InChI=1S/C20H32N4.HI/c1-4-21-19(22-14-18(24(2)3)16-10-11-16)23-15-20(12-13-20)17-8-6-5-7-9-17;/h5-9,16,18H,4,10-15H2,1-3H3,(H2,21,22,23);1H. The molecule has 0 aliphatic heterocycles. The first-order valence-electron chi connectivity index (χ1n) is 9.39. The van der Waals surface area contributed by atoms with Gasteiger partial charge in [-0.25, -0.2) is 0 Å². The molecule has 0 aromatic heterocycles. The Bertz CT molecular complexity index is 548. The van der Waals surface area contributed by atoms with Gasteiger partial charge >= 0.3 is 0 Å². The van der Waals surface area contributed by atoms with Gasteiger partial charge in [0.1, 0.15) is 0 Å². The van der Waals surface area contributed by atoms with Crippen LogP contribution in [0, 0.1) is 5.92 Å². The average molecular weight is 456 g/mol. The summed E-state index contributed by atoms with van der Waals surface area (Å²) in [5.74, 6) is 1.82. The maximum Gasteiger partial charge on any atom is 0.191 e. The van der Waals surface area contributed by atoms with E-state index in [1.54, 1.807) is 0 Å². The lowest BCUT2D eigenvalue weighted by Gasteiger charge is -2.25. The molecule has 2 N–H and O–H groups in total. The minimum absolute atomic E-state index is 0. The highest BCUT2D eigenvalue weighted by Gasteiger charge is 2.44. The highest BCUT2D eigenvalue weighted by atomic mass is 127. The van der Waals surface area contributed by atoms with Crippen LogP contribution in [0.15, 0.2) is 35.3 Å². The van der Waals surface area contributed by atoms with Gasteiger partial charge in [-0.3, -0.25) is 4.99 Å². The lowest BCUT2D eigenvalue weighted by Crippen LogP contribution is -2.46. The number of benzene rings is 1. The molecule has 0 bridgehead atoms. The molecule has 140 valence electrons. The quantitative estimate of drug-likeness (QED) is 0.359. The molecule has 1 unspecified atom stereocenters. The molecular formula is C20H33IN4. The Morgan fingerprint density at radius 1 is 1.20 bits per heavy atom. The number of aliphatic imine (C=N–C) groups is 1. The topological polar surface area (TPSA) is 39.7 Å². The predicted molar refractivity (Wildman–Crippen MR) is 117 cm³/mol. The van der Waals surface area contributed by atoms with Gasteiger partial charge in [-0.15, -0.1) is 24.0 Å². The van der Waals surface area contributed by atoms with Gasteiger partial charge in [0.2, 0.25) is 0 Å². The molecule has 0 amide bonds. The Morgan fingerprint density at radius 2 is 1.88 bits per heavy atom. The average Bonchev–Trinajstić information content (AvgIpc) is 3.48. The fraction of sp³-hybridized carbons (Fsp3) is 0.650. The SMILES string of the molecule is CCNC(=NCC1(c2ccccc2)CC1)NCC(C1CC1)N(C)C.I. The number of nitrogens with zero attached hydrogens (tertiary/aromatic N) is 2. The van der Waals surface area contributed by atoms with E-state index in [1.165, 1.54) is 31.2 Å². The first-order valence-corrected chi connectivity index (χ1v) is 9.39. The molecule has 2 aliphatic carbocycles. The van der Waals surface area contributed by atoms with Crippen LogP contribution in [0.2, 0.25) is 0 Å². The number of nitrogens with one attached hydrogen (secondary N) is 2. The highest BCUT2D eigenvalue weighted by Crippen LogP contribution is 2.48. The Balaban J connectivity index is 0.00000225. The van der Waals surface area contributed by atoms with Crippen LogP contribution >= 0.6 is 24.0 Å². The second-order valence-corrected chi connectivity index (χ2v) is 7.59. The molecule has 2 aliphatic rings. The maximum atomic E-state index is 4.91. The second kappa shape index (κ2) is 9.21. The summed E-state index contributed by atoms with van der Waals surface area (Å²) in [7, 11) is 4.37. The molecule has 0 radical (unpaired) electrons. The third-order valence-corrected chi connectivity index (χ3v) is 5.43. The van der Waals surface area contributed by atoms with Crippen molar-refractivity contribution in [3.63, 3.8) is 0 Å². The number of halogens is 1. The largest absolute Gasteiger partial charge is 0.357 e. The fourth-order valence-corrected chi connectivity index (χ4v) is 3.51. The van der Waals surface area contributed by atoms with E-state index in [0.29, 0.717) is 6.04 Å². The van der Waals surface area contributed by atoms with Crippen LogP contribution in [-0.4, -0.2) is 50.6 Å². The van der Waals surface area contributed by atoms with Gasteiger partial charge in [0, 0.05) is 24.5 Å². The van der Waals surface area contributed by atoms with Gasteiger partial charge in [-0.1, -0.05) is 30.3 Å². The summed E-state index contributed by atoms with van der Waals surface area (Å²) in [6.45, 7) is 4.89. The van der Waals surface area contributed by atoms with Crippen molar-refractivity contribution in [1.82, 2.24) is 15.5 Å². The molecule has 1 aromatic rings. The van der Waals surface area contributed by atoms with Crippen molar-refractivity contribution >= 4 is 29.9 Å². The third-order valence-electron chi connectivity index (χ3n) is 5.43. The zero-order chi connectivity index (χ0) is 17.0. The zero-order valence-corrected chi connectivity index (χ0v) is 18.1. The molecule has 0 heterocycles. The minimum Gasteiger partial charge on any atom is -0.357 e. The number of guanidine groups is 1. The Kier molecular flexibility index (Phi) is 7.55. The molecule has 2 saturated carbocycles. The fourth-order valence-electron chi connectivity index (χ4n) is 3.51. The van der Waals surface area contributed by atoms with Crippen molar-refractivity contribution < 1.29 is 0 Å². The highest BCUT2D eigenvalue weighted by molar-refractivity contribution is 14.0. The van der Waals surface area contributed by atoms with E-state index in [9.17, 15) is 0 Å². The number of hydrogen-bond acceptors (Lipinski definition) is 2. The molecule has 0 saturated heterocycles. The van der Waals surface area contributed by atoms with Gasteiger partial charge in [-0.2, -0.15) is 0 Å². The summed E-state index contributed by atoms with van der Waals surface area (Å²) in [6.07, 6.45) is 5.25. The number of likely N-dealkylation sites (N-methyl/N-ethyl adjacent to an activating group) is 1. The Labute approximate surface area is 169 Å². The van der Waals surface area contributed by atoms with Crippen LogP contribution in [0.25, 0.3) is 0 Å². The molecule has 3 rings (SSSR count). The summed E-state index contributed by atoms with van der Waals surface area (Å²) < 4.78 is 0. The van der Waals surface area contributed by atoms with E-state index in [1.807, 2.05) is 0 Å². The number of rotatable bonds is 8. The van der Waals surface area contributed by atoms with Gasteiger partial charge in [0.05, 0.1) is 6.54 Å². The van der Waals surface area contributed by atoms with E-state index in [-0.39, 0.29) is 29.4 Å². The van der Waals surface area contributed by atoms with E-state index < -0.39 is 0 Å². The molecule has 4 nitrogen and oxygen atoms in total. The van der Waals surface area contributed by atoms with Gasteiger partial charge in [0.15, 0.2) is 5.96 Å². The third kappa shape index (κ3) is 5.58. The lowest BCUT2D eigenvalue weighted by molar-refractivity contribution is 0.264. The summed E-state index contributed by atoms with van der Waals surface area (Å²) in [5.41, 5.74) is 1.72. The number of hydrogen-bond donors (Lipinski definition) is 2. The van der Waals surface area contributed by atoms with Crippen molar-refractivity contribution in [2.75, 3.05) is 33.7 Å². The van der Waals surface area contributed by atoms with Crippen LogP contribution in [0.5, 0.6) is 0 Å². The summed E-state index contributed by atoms with van der Waals surface area (Å²) >= 11 is 0. The van der Waals surface area contributed by atoms with Crippen molar-refractivity contribution in [3.8, 4) is 0 Å². The van der Waals surface area contributed by atoms with Crippen molar-refractivity contribution in [1.29, 1.82) is 0 Å². The molecular weight excluding hydrogens is 423 g/mol. The lowest BCUT2D eigenvalue weighted by atomic mass is 9.96. The van der Waals surface area contributed by atoms with Crippen LogP contribution < -0.4 is 10.6 Å². The minimum atomic E-state index is 0. The zero-order valence-electron chi connectivity index (χ0n) is 15.8. The summed E-state index contributed by atoms with van der Waals surface area (Å²) in [4.78, 5) is 7.26. The van der Waals surface area contributed by atoms with Crippen LogP contribution in [0.1, 0.15) is 38.2 Å². The van der Waals surface area contributed by atoms with E-state index in [4.69, 9.17) is 4.99 Å². The molecule has 2 fully saturated rings. The van der Waals surface area contributed by atoms with Gasteiger partial charge in [-0.05, 0) is 58.2 Å². The first kappa shape index (κ1) is 20.5. The normalized spacial score (nSPS) is 19.9. The second-order valence-electron chi connectivity index (χ2n) is 7.59.